The van der Waals surface area contributed by atoms with Crippen LogP contribution in [0.1, 0.15) is 25.0 Å². The number of fused-ring (bicyclic) bond motifs is 4. The molecule has 0 saturated heterocycles. The van der Waals surface area contributed by atoms with Crippen LogP contribution in [0.15, 0.2) is 119 Å². The summed E-state index contributed by atoms with van der Waals surface area (Å²) in [5, 5.41) is 24.1. The van der Waals surface area contributed by atoms with Crippen molar-refractivity contribution in [1.29, 1.82) is 5.26 Å². The molecule has 10 nitrogen and oxygen atoms in total. The maximum absolute atomic E-state index is 13.4. The summed E-state index contributed by atoms with van der Waals surface area (Å²) in [6, 6.07) is 31.3. The summed E-state index contributed by atoms with van der Waals surface area (Å²) in [5.74, 6) is 0. The summed E-state index contributed by atoms with van der Waals surface area (Å²) in [6.45, 7) is 5.55. The lowest BCUT2D eigenvalue weighted by Gasteiger charge is -2.16. The van der Waals surface area contributed by atoms with Gasteiger partial charge in [-0.15, -0.1) is 0 Å². The van der Waals surface area contributed by atoms with Gasteiger partial charge < -0.3 is 5.21 Å². The first kappa shape index (κ1) is 32.1. The molecule has 3 aromatic heterocycles. The molecule has 0 atom stereocenters. The number of rotatable bonds is 4. The lowest BCUT2D eigenvalue weighted by Crippen LogP contribution is -2.26. The minimum atomic E-state index is -4.02. The molecule has 240 valence electrons. The van der Waals surface area contributed by atoms with E-state index in [0.29, 0.717) is 27.6 Å². The summed E-state index contributed by atoms with van der Waals surface area (Å²) < 4.78 is 33.5. The highest BCUT2D eigenvalue weighted by Crippen LogP contribution is 2.31. The fraction of sp³-hybridized carbons (Fsp3) is 0.135. The van der Waals surface area contributed by atoms with Gasteiger partial charge in [0.15, 0.2) is 0 Å². The van der Waals surface area contributed by atoms with Crippen LogP contribution in [0.4, 0.5) is 0 Å². The molecule has 0 spiro atoms. The Morgan fingerprint density at radius 2 is 1.62 bits per heavy atom. The van der Waals surface area contributed by atoms with Crippen molar-refractivity contribution in [3.63, 3.8) is 0 Å². The van der Waals surface area contributed by atoms with Crippen molar-refractivity contribution < 1.29 is 17.7 Å². The molecule has 11 heteroatoms. The summed E-state index contributed by atoms with van der Waals surface area (Å²) in [6.07, 6.45) is 3.27. The van der Waals surface area contributed by atoms with Gasteiger partial charge in [0.05, 0.1) is 38.5 Å². The molecule has 7 aromatic rings. The zero-order valence-corrected chi connectivity index (χ0v) is 27.4. The van der Waals surface area contributed by atoms with Gasteiger partial charge in [0.2, 0.25) is 11.7 Å². The molecule has 4 aromatic carbocycles. The topological polar surface area (TPSA) is 145 Å². The zero-order valence-electron chi connectivity index (χ0n) is 26.6. The second-order valence-corrected chi connectivity index (χ2v) is 13.5. The third-order valence-corrected chi connectivity index (χ3v) is 9.27. The van der Waals surface area contributed by atoms with Gasteiger partial charge in [-0.2, -0.15) is 18.4 Å². The van der Waals surface area contributed by atoms with Crippen LogP contribution < -0.4 is 10.4 Å². The van der Waals surface area contributed by atoms with Crippen LogP contribution in [0, 0.1) is 23.5 Å². The van der Waals surface area contributed by atoms with E-state index in [-0.39, 0.29) is 10.6 Å². The third-order valence-electron chi connectivity index (χ3n) is 8.40. The molecule has 0 saturated carbocycles. The minimum absolute atomic E-state index is 0.0666. The van der Waals surface area contributed by atoms with E-state index in [1.54, 1.807) is 29.8 Å². The van der Waals surface area contributed by atoms with E-state index in [4.69, 9.17) is 4.55 Å². The summed E-state index contributed by atoms with van der Waals surface area (Å²) in [5.41, 5.74) is 5.95. The van der Waals surface area contributed by atoms with Crippen LogP contribution >= 0.6 is 0 Å². The quantitative estimate of drug-likeness (QED) is 0.131. The van der Waals surface area contributed by atoms with Crippen LogP contribution in [0.2, 0.25) is 0 Å². The van der Waals surface area contributed by atoms with Gasteiger partial charge in [0.25, 0.3) is 10.1 Å². The number of nitriles is 1. The van der Waals surface area contributed by atoms with Crippen molar-refractivity contribution in [3.8, 4) is 22.9 Å². The van der Waals surface area contributed by atoms with Crippen molar-refractivity contribution in [1.82, 2.24) is 14.1 Å². The van der Waals surface area contributed by atoms with Crippen LogP contribution in [-0.4, -0.2) is 27.1 Å². The number of benzene rings is 4. The average Bonchev–Trinajstić information content (AvgIpc) is 3.33. The van der Waals surface area contributed by atoms with Crippen molar-refractivity contribution in [3.05, 3.63) is 136 Å². The summed E-state index contributed by atoms with van der Waals surface area (Å²) in [4.78, 5) is 18.0. The molecule has 0 unspecified atom stereocenters. The summed E-state index contributed by atoms with van der Waals surface area (Å²) in [7, 11) is -2.36. The number of aryl methyl sites for hydroxylation is 2. The molecule has 0 amide bonds. The van der Waals surface area contributed by atoms with Crippen molar-refractivity contribution in [2.45, 2.75) is 31.1 Å². The SMILES string of the molecule is Cc1ccc(S(=O)(=O)O)cc1.Cn1c(=O)n(-c2ccc(C(C)(C)C#N)cc2)c2c3cc(-c4cnc5ccccc5c4)ccc3[n+]([O-])cc21. The number of imidazole rings is 1. The number of hydrogen-bond acceptors (Lipinski definition) is 6. The molecule has 0 radical (unpaired) electrons. The molecule has 0 bridgehead atoms. The van der Waals surface area contributed by atoms with Crippen LogP contribution in [0.3, 0.4) is 0 Å². The molecular weight excluding hydrogens is 627 g/mol. The van der Waals surface area contributed by atoms with Gasteiger partial charge in [-0.05, 0) is 80.4 Å². The molecule has 3 heterocycles. The fourth-order valence-corrected chi connectivity index (χ4v) is 6.06. The van der Waals surface area contributed by atoms with E-state index in [0.717, 1.165) is 37.9 Å². The Balaban J connectivity index is 0.000000312. The van der Waals surface area contributed by atoms with Crippen molar-refractivity contribution in [2.24, 2.45) is 7.05 Å². The fourth-order valence-electron chi connectivity index (χ4n) is 5.58. The van der Waals surface area contributed by atoms with E-state index >= 15 is 0 Å². The van der Waals surface area contributed by atoms with E-state index in [1.165, 1.54) is 22.9 Å². The second kappa shape index (κ2) is 12.1. The van der Waals surface area contributed by atoms with Crippen LogP contribution in [-0.2, 0) is 22.6 Å². The minimum Gasteiger partial charge on any atom is -0.618 e. The summed E-state index contributed by atoms with van der Waals surface area (Å²) >= 11 is 0. The standard InChI is InChI=1S/C30H23N5O2.C7H8O3S/c1-30(2,18-31)22-9-11-23(12-10-22)35-28-24-15-19(21-14-20-6-4-5-7-25(20)32-16-21)8-13-26(24)34(37)17-27(28)33(3)29(35)36;1-6-2-4-7(5-3-6)11(8,9)10/h4-17H,1-3H3;2-5H,1H3,(H,8,9,10). The average molecular weight is 658 g/mol. The Labute approximate surface area is 276 Å². The van der Waals surface area contributed by atoms with Crippen molar-refractivity contribution in [2.75, 3.05) is 0 Å². The number of nitrogens with zero attached hydrogens (tertiary/aromatic N) is 5. The molecule has 7 rings (SSSR count). The second-order valence-electron chi connectivity index (χ2n) is 12.1. The van der Waals surface area contributed by atoms with Gasteiger partial charge in [0.1, 0.15) is 5.52 Å². The van der Waals surface area contributed by atoms with Crippen LogP contribution in [0.25, 0.3) is 49.7 Å². The van der Waals surface area contributed by atoms with E-state index in [9.17, 15) is 23.7 Å². The van der Waals surface area contributed by atoms with E-state index in [2.05, 4.69) is 17.1 Å². The Bertz CT molecular complexity index is 2560. The zero-order chi connectivity index (χ0) is 34.4. The number of hydrogen-bond donors (Lipinski definition) is 1. The first-order chi connectivity index (χ1) is 22.8. The number of pyridine rings is 2. The highest BCUT2D eigenvalue weighted by atomic mass is 32.2. The Hall–Kier alpha value is -5.83. The predicted molar refractivity (Wildman–Crippen MR) is 185 cm³/mol. The maximum Gasteiger partial charge on any atom is 0.333 e. The van der Waals surface area contributed by atoms with E-state index < -0.39 is 15.5 Å². The molecule has 0 aliphatic heterocycles. The third kappa shape index (κ3) is 5.90. The van der Waals surface area contributed by atoms with Crippen molar-refractivity contribution >= 4 is 43.0 Å². The number of para-hydroxylation sites is 1. The Kier molecular flexibility index (Phi) is 8.08. The first-order valence-electron chi connectivity index (χ1n) is 15.0. The van der Waals surface area contributed by atoms with Gasteiger partial charge in [0, 0.05) is 30.3 Å². The highest BCUT2D eigenvalue weighted by Gasteiger charge is 2.23. The number of aromatic nitrogens is 4. The molecule has 0 fully saturated rings. The molecule has 1 N–H and O–H groups in total. The maximum atomic E-state index is 13.4. The van der Waals surface area contributed by atoms with Crippen LogP contribution in [0.5, 0.6) is 0 Å². The smallest absolute Gasteiger partial charge is 0.333 e. The highest BCUT2D eigenvalue weighted by molar-refractivity contribution is 7.85. The normalized spacial score (nSPS) is 11.8. The molecular formula is C37H31N5O5S. The van der Waals surface area contributed by atoms with Gasteiger partial charge in [-0.3, -0.25) is 18.7 Å². The Morgan fingerprint density at radius 1 is 0.938 bits per heavy atom. The van der Waals surface area contributed by atoms with Gasteiger partial charge in [-0.1, -0.05) is 48.0 Å². The lowest BCUT2D eigenvalue weighted by atomic mass is 9.86. The van der Waals surface area contributed by atoms with Gasteiger partial charge >= 0.3 is 5.69 Å². The largest absolute Gasteiger partial charge is 0.618 e. The molecule has 48 heavy (non-hydrogen) atoms. The molecule has 0 aliphatic rings. The van der Waals surface area contributed by atoms with Gasteiger partial charge in [-0.25, -0.2) is 4.79 Å². The first-order valence-corrected chi connectivity index (χ1v) is 16.4. The lowest BCUT2D eigenvalue weighted by molar-refractivity contribution is -0.575. The molecule has 0 aliphatic carbocycles. The Morgan fingerprint density at radius 3 is 2.29 bits per heavy atom. The monoisotopic (exact) mass is 657 g/mol. The van der Waals surface area contributed by atoms with E-state index in [1.807, 2.05) is 87.6 Å². The predicted octanol–water partition coefficient (Wildman–Crippen LogP) is 6.37.